The Balaban J connectivity index is 1.77. The lowest BCUT2D eigenvalue weighted by Gasteiger charge is -2.08. The van der Waals surface area contributed by atoms with E-state index < -0.39 is 0 Å². The minimum Gasteiger partial charge on any atom is -0.267 e. The third kappa shape index (κ3) is 2.78. The second-order valence-corrected chi connectivity index (χ2v) is 5.36. The van der Waals surface area contributed by atoms with E-state index in [0.717, 1.165) is 10.8 Å². The van der Waals surface area contributed by atoms with Crippen LogP contribution in [0, 0.1) is 0 Å². The van der Waals surface area contributed by atoms with Gasteiger partial charge in [-0.15, -0.1) is 11.3 Å². The molecule has 0 aliphatic carbocycles. The highest BCUT2D eigenvalue weighted by Crippen LogP contribution is 2.18. The van der Waals surface area contributed by atoms with Crippen molar-refractivity contribution in [2.45, 2.75) is 0 Å². The van der Waals surface area contributed by atoms with Gasteiger partial charge in [0.2, 0.25) is 0 Å². The zero-order chi connectivity index (χ0) is 14.7. The lowest BCUT2D eigenvalue weighted by Crippen LogP contribution is -2.41. The van der Waals surface area contributed by atoms with Crippen molar-refractivity contribution >= 4 is 33.9 Å². The Hall–Kier alpha value is -2.66. The Kier molecular flexibility index (Phi) is 3.66. The molecular weight excluding hydrogens is 284 g/mol. The predicted molar refractivity (Wildman–Crippen MR) is 83.2 cm³/mol. The Morgan fingerprint density at radius 1 is 0.810 bits per heavy atom. The van der Waals surface area contributed by atoms with Crippen molar-refractivity contribution in [1.82, 2.24) is 10.9 Å². The molecule has 1 heterocycles. The summed E-state index contributed by atoms with van der Waals surface area (Å²) in [6.07, 6.45) is 0. The van der Waals surface area contributed by atoms with E-state index in [4.69, 9.17) is 0 Å². The van der Waals surface area contributed by atoms with Crippen LogP contribution in [-0.4, -0.2) is 11.8 Å². The Labute approximate surface area is 125 Å². The first-order valence-electron chi connectivity index (χ1n) is 6.37. The Morgan fingerprint density at radius 3 is 2.38 bits per heavy atom. The molecule has 0 bridgehead atoms. The van der Waals surface area contributed by atoms with Gasteiger partial charge in [-0.2, -0.15) is 0 Å². The van der Waals surface area contributed by atoms with Crippen LogP contribution in [0.4, 0.5) is 0 Å². The number of nitrogens with one attached hydrogen (secondary N) is 2. The Morgan fingerprint density at radius 2 is 1.57 bits per heavy atom. The fraction of sp³-hybridized carbons (Fsp3) is 0. The van der Waals surface area contributed by atoms with E-state index >= 15 is 0 Å². The summed E-state index contributed by atoms with van der Waals surface area (Å²) in [6.45, 7) is 0. The zero-order valence-electron chi connectivity index (χ0n) is 11.0. The third-order valence-electron chi connectivity index (χ3n) is 3.07. The lowest BCUT2D eigenvalue weighted by atomic mass is 10.0. The average Bonchev–Trinajstić information content (AvgIpc) is 3.06. The number of amides is 2. The SMILES string of the molecule is O=C(NNC(=O)c1cccc2ccccc12)c1cccs1. The van der Waals surface area contributed by atoms with E-state index in [9.17, 15) is 9.59 Å². The quantitative estimate of drug-likeness (QED) is 0.714. The van der Waals surface area contributed by atoms with Gasteiger partial charge >= 0.3 is 0 Å². The van der Waals surface area contributed by atoms with Gasteiger partial charge in [-0.3, -0.25) is 20.4 Å². The highest BCUT2D eigenvalue weighted by atomic mass is 32.1. The predicted octanol–water partition coefficient (Wildman–Crippen LogP) is 2.98. The van der Waals surface area contributed by atoms with Crippen molar-refractivity contribution in [3.8, 4) is 0 Å². The molecule has 4 nitrogen and oxygen atoms in total. The van der Waals surface area contributed by atoms with Gasteiger partial charge in [0, 0.05) is 5.56 Å². The summed E-state index contributed by atoms with van der Waals surface area (Å²) in [5.41, 5.74) is 5.39. The van der Waals surface area contributed by atoms with Gasteiger partial charge in [-0.1, -0.05) is 42.5 Å². The van der Waals surface area contributed by atoms with Crippen LogP contribution in [0.1, 0.15) is 20.0 Å². The first kappa shape index (κ1) is 13.3. The van der Waals surface area contributed by atoms with Gasteiger partial charge in [-0.05, 0) is 28.3 Å². The van der Waals surface area contributed by atoms with E-state index in [1.54, 1.807) is 23.6 Å². The normalized spacial score (nSPS) is 10.3. The maximum absolute atomic E-state index is 12.2. The van der Waals surface area contributed by atoms with Crippen LogP contribution in [0.5, 0.6) is 0 Å². The third-order valence-corrected chi connectivity index (χ3v) is 3.94. The van der Waals surface area contributed by atoms with E-state index in [1.165, 1.54) is 11.3 Å². The number of thiophene rings is 1. The summed E-state index contributed by atoms with van der Waals surface area (Å²) < 4.78 is 0. The van der Waals surface area contributed by atoms with E-state index in [1.807, 2.05) is 36.4 Å². The molecule has 0 aliphatic heterocycles. The molecule has 21 heavy (non-hydrogen) atoms. The van der Waals surface area contributed by atoms with Gasteiger partial charge in [-0.25, -0.2) is 0 Å². The summed E-state index contributed by atoms with van der Waals surface area (Å²) in [5, 5.41) is 3.64. The molecule has 5 heteroatoms. The molecule has 2 N–H and O–H groups in total. The van der Waals surface area contributed by atoms with Crippen molar-refractivity contribution in [2.24, 2.45) is 0 Å². The van der Waals surface area contributed by atoms with Crippen LogP contribution in [0.3, 0.4) is 0 Å². The average molecular weight is 296 g/mol. The van der Waals surface area contributed by atoms with Gasteiger partial charge in [0.05, 0.1) is 4.88 Å². The van der Waals surface area contributed by atoms with E-state index in [0.29, 0.717) is 10.4 Å². The topological polar surface area (TPSA) is 58.2 Å². The number of carbonyl (C=O) groups is 2. The number of hydrazine groups is 1. The first-order valence-corrected chi connectivity index (χ1v) is 7.25. The Bertz CT molecular complexity index is 792. The molecule has 0 saturated carbocycles. The fourth-order valence-electron chi connectivity index (χ4n) is 2.07. The zero-order valence-corrected chi connectivity index (χ0v) is 11.8. The molecule has 0 spiro atoms. The van der Waals surface area contributed by atoms with Crippen molar-refractivity contribution < 1.29 is 9.59 Å². The maximum atomic E-state index is 12.2. The standard InChI is InChI=1S/C16H12N2O2S/c19-15(17-18-16(20)14-9-4-10-21-14)13-8-3-6-11-5-1-2-7-12(11)13/h1-10H,(H,17,19)(H,18,20). The van der Waals surface area contributed by atoms with Crippen molar-refractivity contribution in [1.29, 1.82) is 0 Å². The van der Waals surface area contributed by atoms with E-state index in [-0.39, 0.29) is 11.8 Å². The van der Waals surface area contributed by atoms with Crippen molar-refractivity contribution in [3.05, 3.63) is 70.4 Å². The highest BCUT2D eigenvalue weighted by Gasteiger charge is 2.11. The summed E-state index contributed by atoms with van der Waals surface area (Å²) >= 11 is 1.32. The molecule has 0 unspecified atom stereocenters. The molecule has 3 rings (SSSR count). The van der Waals surface area contributed by atoms with Crippen LogP contribution >= 0.6 is 11.3 Å². The smallest absolute Gasteiger partial charge is 0.267 e. The first-order chi connectivity index (χ1) is 10.3. The fourth-order valence-corrected chi connectivity index (χ4v) is 2.69. The summed E-state index contributed by atoms with van der Waals surface area (Å²) in [6, 6.07) is 16.6. The van der Waals surface area contributed by atoms with Crippen LogP contribution in [-0.2, 0) is 0 Å². The molecular formula is C16H12N2O2S. The van der Waals surface area contributed by atoms with Crippen LogP contribution in [0.25, 0.3) is 10.8 Å². The molecule has 0 saturated heterocycles. The van der Waals surface area contributed by atoms with Gasteiger partial charge in [0.25, 0.3) is 11.8 Å². The summed E-state index contributed by atoms with van der Waals surface area (Å²) in [5.74, 6) is -0.657. The van der Waals surface area contributed by atoms with Gasteiger partial charge in [0.1, 0.15) is 0 Å². The second kappa shape index (κ2) is 5.76. The van der Waals surface area contributed by atoms with Crippen LogP contribution in [0.2, 0.25) is 0 Å². The molecule has 1 aromatic heterocycles. The lowest BCUT2D eigenvalue weighted by molar-refractivity contribution is 0.0850. The van der Waals surface area contributed by atoms with Gasteiger partial charge in [0.15, 0.2) is 0 Å². The monoisotopic (exact) mass is 296 g/mol. The molecule has 3 aromatic rings. The number of fused-ring (bicyclic) bond motifs is 1. The molecule has 104 valence electrons. The molecule has 0 radical (unpaired) electrons. The largest absolute Gasteiger partial charge is 0.279 e. The summed E-state index contributed by atoms with van der Waals surface area (Å²) in [7, 11) is 0. The van der Waals surface area contributed by atoms with E-state index in [2.05, 4.69) is 10.9 Å². The summed E-state index contributed by atoms with van der Waals surface area (Å²) in [4.78, 5) is 24.5. The molecule has 2 aromatic carbocycles. The molecule has 2 amide bonds. The number of hydrogen-bond acceptors (Lipinski definition) is 3. The molecule has 0 fully saturated rings. The number of hydrogen-bond donors (Lipinski definition) is 2. The minimum atomic E-state index is -0.336. The number of carbonyl (C=O) groups excluding carboxylic acids is 2. The number of benzene rings is 2. The maximum Gasteiger partial charge on any atom is 0.279 e. The van der Waals surface area contributed by atoms with Crippen LogP contribution in [0.15, 0.2) is 60.0 Å². The minimum absolute atomic E-state index is 0.321. The number of rotatable bonds is 2. The van der Waals surface area contributed by atoms with Crippen molar-refractivity contribution in [2.75, 3.05) is 0 Å². The second-order valence-electron chi connectivity index (χ2n) is 4.41. The van der Waals surface area contributed by atoms with Crippen molar-refractivity contribution in [3.63, 3.8) is 0 Å². The molecule has 0 aliphatic rings. The van der Waals surface area contributed by atoms with Crippen LogP contribution < -0.4 is 10.9 Å². The highest BCUT2D eigenvalue weighted by molar-refractivity contribution is 7.12. The van der Waals surface area contributed by atoms with Gasteiger partial charge < -0.3 is 0 Å². The molecule has 0 atom stereocenters.